The Morgan fingerprint density at radius 2 is 1.89 bits per heavy atom. The fourth-order valence-electron chi connectivity index (χ4n) is 1.47. The van der Waals surface area contributed by atoms with Crippen molar-refractivity contribution < 1.29 is 14.3 Å². The Hall–Kier alpha value is -1.49. The van der Waals surface area contributed by atoms with Crippen LogP contribution in [0.25, 0.3) is 0 Å². The van der Waals surface area contributed by atoms with E-state index in [1.54, 1.807) is 18.2 Å². The van der Waals surface area contributed by atoms with Gasteiger partial charge in [-0.3, -0.25) is 4.79 Å². The lowest BCUT2D eigenvalue weighted by atomic mass is 10.1. The summed E-state index contributed by atoms with van der Waals surface area (Å²) in [4.78, 5) is 24.1. The van der Waals surface area contributed by atoms with Crippen LogP contribution < -0.4 is 5.32 Å². The standard InChI is InChI=1S/C14H19NO3S/c1-14(2,3)15-12(16)9-19-11-8-6-5-7-10(11)13(17)18-4/h5-8H,9H2,1-4H3,(H,15,16). The first-order valence-electron chi connectivity index (χ1n) is 5.94. The molecule has 0 saturated carbocycles. The monoisotopic (exact) mass is 281 g/mol. The van der Waals surface area contributed by atoms with Crippen LogP contribution in [0.4, 0.5) is 0 Å². The minimum atomic E-state index is -0.390. The van der Waals surface area contributed by atoms with E-state index in [1.807, 2.05) is 26.8 Å². The van der Waals surface area contributed by atoms with Crippen molar-refractivity contribution in [2.24, 2.45) is 0 Å². The van der Waals surface area contributed by atoms with E-state index in [9.17, 15) is 9.59 Å². The van der Waals surface area contributed by atoms with Crippen molar-refractivity contribution in [3.63, 3.8) is 0 Å². The summed E-state index contributed by atoms with van der Waals surface area (Å²) in [6, 6.07) is 7.10. The Balaban J connectivity index is 2.68. The van der Waals surface area contributed by atoms with Crippen LogP contribution >= 0.6 is 11.8 Å². The van der Waals surface area contributed by atoms with Crippen LogP contribution in [0.15, 0.2) is 29.2 Å². The van der Waals surface area contributed by atoms with Gasteiger partial charge in [-0.1, -0.05) is 12.1 Å². The molecule has 0 aliphatic carbocycles. The number of ether oxygens (including phenoxy) is 1. The summed E-state index contributed by atoms with van der Waals surface area (Å²) in [6.07, 6.45) is 0. The van der Waals surface area contributed by atoms with Gasteiger partial charge in [0, 0.05) is 10.4 Å². The lowest BCUT2D eigenvalue weighted by Crippen LogP contribution is -2.41. The van der Waals surface area contributed by atoms with E-state index in [-0.39, 0.29) is 23.2 Å². The molecule has 0 heterocycles. The number of amides is 1. The number of methoxy groups -OCH3 is 1. The number of rotatable bonds is 4. The van der Waals surface area contributed by atoms with Crippen molar-refractivity contribution in [2.45, 2.75) is 31.2 Å². The highest BCUT2D eigenvalue weighted by atomic mass is 32.2. The zero-order valence-electron chi connectivity index (χ0n) is 11.6. The van der Waals surface area contributed by atoms with E-state index in [4.69, 9.17) is 4.74 Å². The van der Waals surface area contributed by atoms with Crippen molar-refractivity contribution in [2.75, 3.05) is 12.9 Å². The molecule has 1 N–H and O–H groups in total. The van der Waals surface area contributed by atoms with Crippen LogP contribution in [0.2, 0.25) is 0 Å². The predicted octanol–water partition coefficient (Wildman–Crippen LogP) is 2.48. The zero-order valence-corrected chi connectivity index (χ0v) is 12.5. The number of hydrogen-bond acceptors (Lipinski definition) is 4. The largest absolute Gasteiger partial charge is 0.465 e. The first-order chi connectivity index (χ1) is 8.83. The molecule has 0 unspecified atom stereocenters. The highest BCUT2D eigenvalue weighted by Gasteiger charge is 2.16. The SMILES string of the molecule is COC(=O)c1ccccc1SCC(=O)NC(C)(C)C. The Bertz CT molecular complexity index is 466. The van der Waals surface area contributed by atoms with E-state index in [0.717, 1.165) is 4.90 Å². The van der Waals surface area contributed by atoms with Gasteiger partial charge in [0.2, 0.25) is 5.91 Å². The fraction of sp³-hybridized carbons (Fsp3) is 0.429. The summed E-state index contributed by atoms with van der Waals surface area (Å²) >= 11 is 1.33. The molecule has 0 bridgehead atoms. The molecule has 0 saturated heterocycles. The molecule has 1 aromatic carbocycles. The molecular weight excluding hydrogens is 262 g/mol. The van der Waals surface area contributed by atoms with Crippen LogP contribution in [0.3, 0.4) is 0 Å². The molecule has 5 heteroatoms. The molecular formula is C14H19NO3S. The number of hydrogen-bond donors (Lipinski definition) is 1. The number of carbonyl (C=O) groups is 2. The summed E-state index contributed by atoms with van der Waals surface area (Å²) in [7, 11) is 1.34. The van der Waals surface area contributed by atoms with Gasteiger partial charge in [-0.2, -0.15) is 0 Å². The lowest BCUT2D eigenvalue weighted by molar-refractivity contribution is -0.119. The Labute approximate surface area is 117 Å². The normalized spacial score (nSPS) is 10.9. The van der Waals surface area contributed by atoms with Gasteiger partial charge in [0.05, 0.1) is 18.4 Å². The second-order valence-electron chi connectivity index (χ2n) is 5.07. The van der Waals surface area contributed by atoms with Crippen molar-refractivity contribution in [3.05, 3.63) is 29.8 Å². The topological polar surface area (TPSA) is 55.4 Å². The first-order valence-corrected chi connectivity index (χ1v) is 6.93. The average Bonchev–Trinajstić information content (AvgIpc) is 2.33. The van der Waals surface area contributed by atoms with Gasteiger partial charge in [0.25, 0.3) is 0 Å². The third-order valence-corrected chi connectivity index (χ3v) is 3.24. The molecule has 104 valence electrons. The molecule has 1 rings (SSSR count). The number of carbonyl (C=O) groups excluding carboxylic acids is 2. The van der Waals surface area contributed by atoms with Gasteiger partial charge < -0.3 is 10.1 Å². The zero-order chi connectivity index (χ0) is 14.5. The van der Waals surface area contributed by atoms with Crippen molar-refractivity contribution in [3.8, 4) is 0 Å². The van der Waals surface area contributed by atoms with E-state index in [0.29, 0.717) is 5.56 Å². The summed E-state index contributed by atoms with van der Waals surface area (Å²) in [5, 5.41) is 2.88. The Morgan fingerprint density at radius 3 is 2.47 bits per heavy atom. The van der Waals surface area contributed by atoms with Gasteiger partial charge in [-0.25, -0.2) is 4.79 Å². The molecule has 0 fully saturated rings. The summed E-state index contributed by atoms with van der Waals surface area (Å²) in [5.74, 6) is -0.179. The summed E-state index contributed by atoms with van der Waals surface area (Å²) in [5.41, 5.74) is 0.234. The van der Waals surface area contributed by atoms with Crippen molar-refractivity contribution in [1.29, 1.82) is 0 Å². The number of benzene rings is 1. The Morgan fingerprint density at radius 1 is 1.26 bits per heavy atom. The van der Waals surface area contributed by atoms with E-state index in [2.05, 4.69) is 5.32 Å². The second-order valence-corrected chi connectivity index (χ2v) is 6.09. The molecule has 0 radical (unpaired) electrons. The van der Waals surface area contributed by atoms with E-state index >= 15 is 0 Å². The van der Waals surface area contributed by atoms with Gasteiger partial charge in [-0.05, 0) is 32.9 Å². The second kappa shape index (κ2) is 6.61. The molecule has 0 aliphatic heterocycles. The highest BCUT2D eigenvalue weighted by molar-refractivity contribution is 8.00. The molecule has 0 aliphatic rings. The quantitative estimate of drug-likeness (QED) is 0.680. The third-order valence-electron chi connectivity index (χ3n) is 2.17. The minimum absolute atomic E-state index is 0.0582. The molecule has 0 spiro atoms. The molecule has 1 aromatic rings. The third kappa shape index (κ3) is 5.34. The lowest BCUT2D eigenvalue weighted by Gasteiger charge is -2.20. The molecule has 4 nitrogen and oxygen atoms in total. The Kier molecular flexibility index (Phi) is 5.42. The van der Waals surface area contributed by atoms with Crippen LogP contribution in [-0.4, -0.2) is 30.3 Å². The van der Waals surface area contributed by atoms with Crippen molar-refractivity contribution in [1.82, 2.24) is 5.32 Å². The number of esters is 1. The van der Waals surface area contributed by atoms with Crippen LogP contribution in [0, 0.1) is 0 Å². The summed E-state index contributed by atoms with van der Waals surface area (Å²) in [6.45, 7) is 5.79. The van der Waals surface area contributed by atoms with E-state index in [1.165, 1.54) is 18.9 Å². The molecule has 0 aromatic heterocycles. The van der Waals surface area contributed by atoms with Gasteiger partial charge in [0.1, 0.15) is 0 Å². The summed E-state index contributed by atoms with van der Waals surface area (Å²) < 4.78 is 4.71. The maximum atomic E-state index is 11.7. The number of thioether (sulfide) groups is 1. The first kappa shape index (κ1) is 15.6. The van der Waals surface area contributed by atoms with Gasteiger partial charge in [0.15, 0.2) is 0 Å². The highest BCUT2D eigenvalue weighted by Crippen LogP contribution is 2.23. The number of nitrogens with one attached hydrogen (secondary N) is 1. The van der Waals surface area contributed by atoms with Gasteiger partial charge in [-0.15, -0.1) is 11.8 Å². The minimum Gasteiger partial charge on any atom is -0.465 e. The maximum absolute atomic E-state index is 11.7. The van der Waals surface area contributed by atoms with Crippen molar-refractivity contribution >= 4 is 23.6 Å². The predicted molar refractivity (Wildman–Crippen MR) is 76.4 cm³/mol. The maximum Gasteiger partial charge on any atom is 0.338 e. The van der Waals surface area contributed by atoms with Crippen LogP contribution in [0.1, 0.15) is 31.1 Å². The molecule has 19 heavy (non-hydrogen) atoms. The van der Waals surface area contributed by atoms with Crippen LogP contribution in [-0.2, 0) is 9.53 Å². The van der Waals surface area contributed by atoms with Crippen LogP contribution in [0.5, 0.6) is 0 Å². The molecule has 1 amide bonds. The molecule has 0 atom stereocenters. The average molecular weight is 281 g/mol. The van der Waals surface area contributed by atoms with Gasteiger partial charge >= 0.3 is 5.97 Å². The fourth-order valence-corrected chi connectivity index (χ4v) is 2.31. The van der Waals surface area contributed by atoms with E-state index < -0.39 is 0 Å². The smallest absolute Gasteiger partial charge is 0.338 e.